The first-order chi connectivity index (χ1) is 5.66. The van der Waals surface area contributed by atoms with Crippen LogP contribution in [0, 0.1) is 0 Å². The molecule has 3 nitrogen and oxygen atoms in total. The van der Waals surface area contributed by atoms with Crippen LogP contribution < -0.4 is 0 Å². The van der Waals surface area contributed by atoms with Crippen LogP contribution in [0.5, 0.6) is 0 Å². The van der Waals surface area contributed by atoms with Crippen molar-refractivity contribution in [2.45, 2.75) is 38.9 Å². The highest BCUT2D eigenvalue weighted by molar-refractivity contribution is 4.54. The van der Waals surface area contributed by atoms with E-state index in [-0.39, 0.29) is 12.2 Å². The maximum absolute atomic E-state index is 9.34. The molecule has 74 valence electrons. The van der Waals surface area contributed by atoms with Gasteiger partial charge in [0.15, 0.2) is 0 Å². The van der Waals surface area contributed by atoms with E-state index in [0.717, 1.165) is 12.8 Å². The maximum atomic E-state index is 9.34. The molecule has 0 fully saturated rings. The first-order valence-corrected chi connectivity index (χ1v) is 4.45. The van der Waals surface area contributed by atoms with Gasteiger partial charge in [0.2, 0.25) is 0 Å². The van der Waals surface area contributed by atoms with Crippen LogP contribution in [-0.4, -0.2) is 37.6 Å². The summed E-state index contributed by atoms with van der Waals surface area (Å²) in [5.74, 6) is 0. The molecule has 1 unspecified atom stereocenters. The third-order valence-corrected chi connectivity index (χ3v) is 1.51. The highest BCUT2D eigenvalue weighted by Gasteiger charge is 2.04. The van der Waals surface area contributed by atoms with Crippen LogP contribution in [0.3, 0.4) is 0 Å². The molecule has 0 heterocycles. The highest BCUT2D eigenvalue weighted by Crippen LogP contribution is 1.99. The van der Waals surface area contributed by atoms with E-state index in [0.29, 0.717) is 13.2 Å². The van der Waals surface area contributed by atoms with Crippen LogP contribution in [0.4, 0.5) is 0 Å². The van der Waals surface area contributed by atoms with Gasteiger partial charge in [-0.15, -0.1) is 0 Å². The molecule has 0 spiro atoms. The van der Waals surface area contributed by atoms with E-state index in [1.807, 2.05) is 13.8 Å². The normalized spacial score (nSPS) is 13.8. The molecule has 0 saturated carbocycles. The Morgan fingerprint density at radius 2 is 2.00 bits per heavy atom. The SMILES string of the molecule is COCCCC(O)COC(C)C. The predicted octanol–water partition coefficient (Wildman–Crippen LogP) is 1.20. The van der Waals surface area contributed by atoms with Crippen LogP contribution in [-0.2, 0) is 9.47 Å². The van der Waals surface area contributed by atoms with Crippen LogP contribution in [0.1, 0.15) is 26.7 Å². The first-order valence-electron chi connectivity index (χ1n) is 4.45. The van der Waals surface area contributed by atoms with Crippen LogP contribution >= 0.6 is 0 Å². The lowest BCUT2D eigenvalue weighted by molar-refractivity contribution is -0.000272. The molecule has 0 saturated heterocycles. The second kappa shape index (κ2) is 7.53. The van der Waals surface area contributed by atoms with Gasteiger partial charge in [0, 0.05) is 13.7 Å². The molecule has 0 radical (unpaired) electrons. The predicted molar refractivity (Wildman–Crippen MR) is 48.2 cm³/mol. The summed E-state index contributed by atoms with van der Waals surface area (Å²) in [5.41, 5.74) is 0. The van der Waals surface area contributed by atoms with E-state index in [4.69, 9.17) is 9.47 Å². The van der Waals surface area contributed by atoms with Gasteiger partial charge < -0.3 is 14.6 Å². The van der Waals surface area contributed by atoms with Crippen molar-refractivity contribution in [3.8, 4) is 0 Å². The van der Waals surface area contributed by atoms with Crippen molar-refractivity contribution in [1.29, 1.82) is 0 Å². The molecular weight excluding hydrogens is 156 g/mol. The Morgan fingerprint density at radius 1 is 1.33 bits per heavy atom. The zero-order valence-corrected chi connectivity index (χ0v) is 8.25. The van der Waals surface area contributed by atoms with Gasteiger partial charge in [-0.05, 0) is 26.7 Å². The minimum Gasteiger partial charge on any atom is -0.391 e. The van der Waals surface area contributed by atoms with Gasteiger partial charge in [0.1, 0.15) is 0 Å². The molecule has 0 aliphatic carbocycles. The minimum atomic E-state index is -0.345. The van der Waals surface area contributed by atoms with Gasteiger partial charge in [-0.3, -0.25) is 0 Å². The molecule has 0 bridgehead atoms. The van der Waals surface area contributed by atoms with E-state index >= 15 is 0 Å². The topological polar surface area (TPSA) is 38.7 Å². The van der Waals surface area contributed by atoms with Gasteiger partial charge in [0.25, 0.3) is 0 Å². The third-order valence-electron chi connectivity index (χ3n) is 1.51. The Labute approximate surface area is 74.7 Å². The zero-order valence-electron chi connectivity index (χ0n) is 8.25. The Bertz CT molecular complexity index is 93.8. The average molecular weight is 176 g/mol. The maximum Gasteiger partial charge on any atom is 0.0774 e. The summed E-state index contributed by atoms with van der Waals surface area (Å²) in [6.07, 6.45) is 1.49. The van der Waals surface area contributed by atoms with Crippen molar-refractivity contribution in [1.82, 2.24) is 0 Å². The molecule has 0 aromatic heterocycles. The van der Waals surface area contributed by atoms with E-state index < -0.39 is 0 Å². The number of hydrogen-bond donors (Lipinski definition) is 1. The number of ether oxygens (including phenoxy) is 2. The first kappa shape index (κ1) is 11.9. The van der Waals surface area contributed by atoms with Crippen molar-refractivity contribution in [3.05, 3.63) is 0 Å². The van der Waals surface area contributed by atoms with Crippen molar-refractivity contribution >= 4 is 0 Å². The number of methoxy groups -OCH3 is 1. The summed E-state index contributed by atoms with van der Waals surface area (Å²) in [4.78, 5) is 0. The van der Waals surface area contributed by atoms with Crippen molar-refractivity contribution in [2.24, 2.45) is 0 Å². The Hall–Kier alpha value is -0.120. The Kier molecular flexibility index (Phi) is 7.45. The lowest BCUT2D eigenvalue weighted by Crippen LogP contribution is -2.18. The molecule has 0 aromatic rings. The summed E-state index contributed by atoms with van der Waals surface area (Å²) in [5, 5.41) is 9.34. The lowest BCUT2D eigenvalue weighted by Gasteiger charge is -2.12. The smallest absolute Gasteiger partial charge is 0.0774 e. The summed E-state index contributed by atoms with van der Waals surface area (Å²) < 4.78 is 10.1. The van der Waals surface area contributed by atoms with Crippen LogP contribution in [0.15, 0.2) is 0 Å². The molecule has 1 atom stereocenters. The molecule has 3 heteroatoms. The van der Waals surface area contributed by atoms with Gasteiger partial charge in [-0.2, -0.15) is 0 Å². The summed E-state index contributed by atoms with van der Waals surface area (Å²) in [7, 11) is 1.66. The number of aliphatic hydroxyl groups is 1. The standard InChI is InChI=1S/C9H20O3/c1-8(2)12-7-9(10)5-4-6-11-3/h8-10H,4-7H2,1-3H3. The summed E-state index contributed by atoms with van der Waals surface area (Å²) >= 11 is 0. The fourth-order valence-corrected chi connectivity index (χ4v) is 0.850. The Morgan fingerprint density at radius 3 is 2.50 bits per heavy atom. The van der Waals surface area contributed by atoms with Gasteiger partial charge in [-0.25, -0.2) is 0 Å². The van der Waals surface area contributed by atoms with Crippen LogP contribution in [0.25, 0.3) is 0 Å². The molecule has 0 aliphatic heterocycles. The molecule has 0 aromatic carbocycles. The van der Waals surface area contributed by atoms with Crippen LogP contribution in [0.2, 0.25) is 0 Å². The van der Waals surface area contributed by atoms with Gasteiger partial charge >= 0.3 is 0 Å². The second-order valence-electron chi connectivity index (χ2n) is 3.17. The second-order valence-corrected chi connectivity index (χ2v) is 3.17. The quantitative estimate of drug-likeness (QED) is 0.592. The average Bonchev–Trinajstić information content (AvgIpc) is 2.01. The van der Waals surface area contributed by atoms with Crippen molar-refractivity contribution < 1.29 is 14.6 Å². The number of rotatable bonds is 7. The third kappa shape index (κ3) is 7.98. The van der Waals surface area contributed by atoms with Gasteiger partial charge in [0.05, 0.1) is 18.8 Å². The highest BCUT2D eigenvalue weighted by atomic mass is 16.5. The van der Waals surface area contributed by atoms with Crippen molar-refractivity contribution in [2.75, 3.05) is 20.3 Å². The van der Waals surface area contributed by atoms with E-state index in [1.54, 1.807) is 7.11 Å². The number of aliphatic hydroxyl groups excluding tert-OH is 1. The van der Waals surface area contributed by atoms with E-state index in [1.165, 1.54) is 0 Å². The van der Waals surface area contributed by atoms with E-state index in [2.05, 4.69) is 0 Å². The summed E-state index contributed by atoms with van der Waals surface area (Å²) in [6, 6.07) is 0. The molecule has 0 aliphatic rings. The fourth-order valence-electron chi connectivity index (χ4n) is 0.850. The summed E-state index contributed by atoms with van der Waals surface area (Å²) in [6.45, 7) is 5.06. The Balaban J connectivity index is 3.15. The van der Waals surface area contributed by atoms with Crippen molar-refractivity contribution in [3.63, 3.8) is 0 Å². The minimum absolute atomic E-state index is 0.196. The molecule has 0 rings (SSSR count). The lowest BCUT2D eigenvalue weighted by atomic mass is 10.2. The largest absolute Gasteiger partial charge is 0.391 e. The molecule has 1 N–H and O–H groups in total. The monoisotopic (exact) mass is 176 g/mol. The van der Waals surface area contributed by atoms with E-state index in [9.17, 15) is 5.11 Å². The molecular formula is C9H20O3. The zero-order chi connectivity index (χ0) is 9.40. The van der Waals surface area contributed by atoms with Gasteiger partial charge in [-0.1, -0.05) is 0 Å². The molecule has 0 amide bonds. The fraction of sp³-hybridized carbons (Fsp3) is 1.00. The number of hydrogen-bond acceptors (Lipinski definition) is 3. The molecule has 12 heavy (non-hydrogen) atoms.